The normalized spacial score (nSPS) is 20.3. The zero-order valence-corrected chi connectivity index (χ0v) is 19.6. The van der Waals surface area contributed by atoms with Gasteiger partial charge in [0, 0.05) is 4.90 Å². The van der Waals surface area contributed by atoms with E-state index in [0.717, 1.165) is 16.0 Å². The number of hydrogen-bond acceptors (Lipinski definition) is 5. The van der Waals surface area contributed by atoms with Crippen LogP contribution in [0.15, 0.2) is 89.0 Å². The minimum absolute atomic E-state index is 0.0800. The summed E-state index contributed by atoms with van der Waals surface area (Å²) in [5.41, 5.74) is 2.52. The summed E-state index contributed by atoms with van der Waals surface area (Å²) in [5.74, 6) is -1.54. The zero-order valence-electron chi connectivity index (χ0n) is 18.8. The fraction of sp³-hybridized carbons (Fsp3) is 0.222. The summed E-state index contributed by atoms with van der Waals surface area (Å²) in [5, 5.41) is 14.3. The van der Waals surface area contributed by atoms with Crippen LogP contribution in [0.25, 0.3) is 0 Å². The molecule has 1 aliphatic heterocycles. The fourth-order valence-electron chi connectivity index (χ4n) is 3.99. The average molecular weight is 482 g/mol. The molecule has 4 rings (SSSR count). The van der Waals surface area contributed by atoms with Gasteiger partial charge in [-0.05, 0) is 61.4 Å². The molecule has 7 heteroatoms. The third-order valence-corrected chi connectivity index (χ3v) is 6.99. The highest BCUT2D eigenvalue weighted by Gasteiger charge is 2.42. The number of hydrogen-bond donors (Lipinski definition) is 2. The number of halogens is 2. The van der Waals surface area contributed by atoms with Crippen molar-refractivity contribution in [3.8, 4) is 0 Å². The maximum absolute atomic E-state index is 13.7. The molecular formula is C27H25F2NO3S. The van der Waals surface area contributed by atoms with Crippen LogP contribution in [0.3, 0.4) is 0 Å². The standard InChI is InChI=1S/C27H25F2NO3S/c1-3-33-27(32)22-23(17-6-10-19(28)11-7-17)30-24(18-8-12-20(29)13-9-18)26(25(22)31)34-21-14-4-16(2)5-15-21/h4-15,23-24,26,30-31H,3H2,1-2H3/t23-,24+,26-/m1/s1. The maximum atomic E-state index is 13.7. The monoisotopic (exact) mass is 481 g/mol. The van der Waals surface area contributed by atoms with E-state index in [-0.39, 0.29) is 23.8 Å². The lowest BCUT2D eigenvalue weighted by molar-refractivity contribution is -0.139. The minimum Gasteiger partial charge on any atom is -0.510 e. The Bertz CT molecular complexity index is 1180. The van der Waals surface area contributed by atoms with Gasteiger partial charge in [0.05, 0.1) is 29.5 Å². The molecule has 3 aromatic carbocycles. The van der Waals surface area contributed by atoms with Crippen LogP contribution in [-0.2, 0) is 9.53 Å². The van der Waals surface area contributed by atoms with Gasteiger partial charge in [-0.1, -0.05) is 42.0 Å². The van der Waals surface area contributed by atoms with E-state index < -0.39 is 29.1 Å². The molecule has 3 atom stereocenters. The van der Waals surface area contributed by atoms with Crippen LogP contribution in [0.2, 0.25) is 0 Å². The number of nitrogens with one attached hydrogen (secondary N) is 1. The number of esters is 1. The first kappa shape index (κ1) is 24.0. The average Bonchev–Trinajstić information content (AvgIpc) is 2.82. The lowest BCUT2D eigenvalue weighted by Crippen LogP contribution is -2.43. The molecule has 0 saturated heterocycles. The summed E-state index contributed by atoms with van der Waals surface area (Å²) in [6.07, 6.45) is 0. The zero-order chi connectivity index (χ0) is 24.2. The van der Waals surface area contributed by atoms with Crippen LogP contribution < -0.4 is 5.32 Å². The van der Waals surface area contributed by atoms with Gasteiger partial charge in [0.25, 0.3) is 0 Å². The third-order valence-electron chi connectivity index (χ3n) is 5.69. The van der Waals surface area contributed by atoms with Crippen molar-refractivity contribution in [2.45, 2.75) is 36.1 Å². The molecule has 0 radical (unpaired) electrons. The summed E-state index contributed by atoms with van der Waals surface area (Å²) in [7, 11) is 0. The Kier molecular flexibility index (Phi) is 7.34. The van der Waals surface area contributed by atoms with Crippen molar-refractivity contribution in [1.29, 1.82) is 0 Å². The Morgan fingerprint density at radius 1 is 0.941 bits per heavy atom. The van der Waals surface area contributed by atoms with Crippen molar-refractivity contribution in [2.24, 2.45) is 0 Å². The van der Waals surface area contributed by atoms with Gasteiger partial charge < -0.3 is 9.84 Å². The number of thioether (sulfide) groups is 1. The van der Waals surface area contributed by atoms with Crippen LogP contribution in [0.1, 0.15) is 35.7 Å². The topological polar surface area (TPSA) is 58.6 Å². The van der Waals surface area contributed by atoms with Crippen LogP contribution in [0, 0.1) is 18.6 Å². The number of aryl methyl sites for hydroxylation is 1. The highest BCUT2D eigenvalue weighted by Crippen LogP contribution is 2.44. The Morgan fingerprint density at radius 3 is 2.06 bits per heavy atom. The van der Waals surface area contributed by atoms with Crippen molar-refractivity contribution < 1.29 is 23.4 Å². The van der Waals surface area contributed by atoms with Crippen LogP contribution in [-0.4, -0.2) is 22.9 Å². The SMILES string of the molecule is CCOC(=O)C1=C(O)[C@H](Sc2ccc(C)cc2)[C@H](c2ccc(F)cc2)N[C@@H]1c1ccc(F)cc1. The molecule has 1 heterocycles. The predicted octanol–water partition coefficient (Wildman–Crippen LogP) is 6.19. The van der Waals surface area contributed by atoms with E-state index in [1.54, 1.807) is 31.2 Å². The van der Waals surface area contributed by atoms with Gasteiger partial charge in [-0.2, -0.15) is 0 Å². The van der Waals surface area contributed by atoms with Gasteiger partial charge in [-0.3, -0.25) is 5.32 Å². The molecule has 34 heavy (non-hydrogen) atoms. The Balaban J connectivity index is 1.84. The number of ether oxygens (including phenoxy) is 1. The molecular weight excluding hydrogens is 456 g/mol. The summed E-state index contributed by atoms with van der Waals surface area (Å²) in [6, 6.07) is 18.4. The molecule has 0 amide bonds. The van der Waals surface area contributed by atoms with Gasteiger partial charge in [-0.25, -0.2) is 13.6 Å². The van der Waals surface area contributed by atoms with Gasteiger partial charge >= 0.3 is 5.97 Å². The number of rotatable bonds is 6. The Hall–Kier alpha value is -3.16. The van der Waals surface area contributed by atoms with Gasteiger partial charge in [-0.15, -0.1) is 11.8 Å². The second kappa shape index (κ2) is 10.4. The molecule has 0 aliphatic carbocycles. The third kappa shape index (κ3) is 5.16. The van der Waals surface area contributed by atoms with Crippen LogP contribution in [0.4, 0.5) is 8.78 Å². The smallest absolute Gasteiger partial charge is 0.339 e. The van der Waals surface area contributed by atoms with E-state index in [0.29, 0.717) is 5.56 Å². The summed E-state index contributed by atoms with van der Waals surface area (Å²) < 4.78 is 32.5. The molecule has 176 valence electrons. The summed E-state index contributed by atoms with van der Waals surface area (Å²) in [4.78, 5) is 13.9. The molecule has 1 aliphatic rings. The van der Waals surface area contributed by atoms with Gasteiger partial charge in [0.1, 0.15) is 17.4 Å². The molecule has 0 unspecified atom stereocenters. The first-order chi connectivity index (χ1) is 16.4. The van der Waals surface area contributed by atoms with Crippen molar-refractivity contribution in [3.05, 3.63) is 112 Å². The highest BCUT2D eigenvalue weighted by molar-refractivity contribution is 8.00. The molecule has 0 spiro atoms. The number of carbonyl (C=O) groups excluding carboxylic acids is 1. The largest absolute Gasteiger partial charge is 0.510 e. The van der Waals surface area contributed by atoms with Crippen LogP contribution in [0.5, 0.6) is 0 Å². The Labute approximate surface area is 201 Å². The van der Waals surface area contributed by atoms with E-state index in [9.17, 15) is 18.7 Å². The first-order valence-corrected chi connectivity index (χ1v) is 11.9. The quantitative estimate of drug-likeness (QED) is 0.411. The van der Waals surface area contributed by atoms with Gasteiger partial charge in [0.15, 0.2) is 0 Å². The number of carbonyl (C=O) groups is 1. The van der Waals surface area contributed by atoms with Gasteiger partial charge in [0.2, 0.25) is 0 Å². The summed E-state index contributed by atoms with van der Waals surface area (Å²) in [6.45, 7) is 3.82. The summed E-state index contributed by atoms with van der Waals surface area (Å²) >= 11 is 1.40. The molecule has 0 fully saturated rings. The van der Waals surface area contributed by atoms with Crippen molar-refractivity contribution in [3.63, 3.8) is 0 Å². The first-order valence-electron chi connectivity index (χ1n) is 11.0. The molecule has 2 N–H and O–H groups in total. The van der Waals surface area contributed by atoms with E-state index in [2.05, 4.69) is 5.32 Å². The number of aliphatic hydroxyl groups excluding tert-OH is 1. The second-order valence-electron chi connectivity index (χ2n) is 8.05. The molecule has 0 bridgehead atoms. The highest BCUT2D eigenvalue weighted by atomic mass is 32.2. The second-order valence-corrected chi connectivity index (χ2v) is 9.27. The lowest BCUT2D eigenvalue weighted by atomic mass is 9.87. The molecule has 0 aromatic heterocycles. The van der Waals surface area contributed by atoms with E-state index in [1.807, 2.05) is 31.2 Å². The molecule has 0 saturated carbocycles. The van der Waals surface area contributed by atoms with E-state index >= 15 is 0 Å². The van der Waals surface area contributed by atoms with Crippen molar-refractivity contribution >= 4 is 17.7 Å². The molecule has 4 nitrogen and oxygen atoms in total. The minimum atomic E-state index is -0.746. The van der Waals surface area contributed by atoms with Crippen molar-refractivity contribution in [2.75, 3.05) is 6.61 Å². The van der Waals surface area contributed by atoms with Crippen LogP contribution >= 0.6 is 11.8 Å². The maximum Gasteiger partial charge on any atom is 0.339 e. The Morgan fingerprint density at radius 2 is 1.50 bits per heavy atom. The van der Waals surface area contributed by atoms with Crippen molar-refractivity contribution in [1.82, 2.24) is 5.32 Å². The lowest BCUT2D eigenvalue weighted by Gasteiger charge is -2.38. The number of aliphatic hydroxyl groups is 1. The molecule has 3 aromatic rings. The predicted molar refractivity (Wildman–Crippen MR) is 129 cm³/mol. The number of benzene rings is 3. The fourth-order valence-corrected chi connectivity index (χ4v) is 5.18. The van der Waals surface area contributed by atoms with E-state index in [4.69, 9.17) is 4.74 Å². The van der Waals surface area contributed by atoms with E-state index in [1.165, 1.54) is 36.0 Å².